The van der Waals surface area contributed by atoms with Gasteiger partial charge >= 0.3 is 0 Å². The fraction of sp³-hybridized carbons (Fsp3) is 0.571. The zero-order valence-corrected chi connectivity index (χ0v) is 10.7. The van der Waals surface area contributed by atoms with Gasteiger partial charge in [-0.3, -0.25) is 0 Å². The Morgan fingerprint density at radius 3 is 2.94 bits per heavy atom. The maximum atomic E-state index is 13.2. The summed E-state index contributed by atoms with van der Waals surface area (Å²) in [5.74, 6) is 0.392. The van der Waals surface area contributed by atoms with Crippen molar-refractivity contribution in [1.82, 2.24) is 5.32 Å². The molecule has 18 heavy (non-hydrogen) atoms. The van der Waals surface area contributed by atoms with E-state index in [0.717, 1.165) is 5.56 Å². The van der Waals surface area contributed by atoms with Crippen LogP contribution in [-0.4, -0.2) is 23.9 Å². The lowest BCUT2D eigenvalue weighted by Crippen LogP contribution is -2.19. The summed E-state index contributed by atoms with van der Waals surface area (Å²) >= 11 is 0. The van der Waals surface area contributed by atoms with Gasteiger partial charge in [0, 0.05) is 18.2 Å². The van der Waals surface area contributed by atoms with Crippen LogP contribution < -0.4 is 10.1 Å². The van der Waals surface area contributed by atoms with E-state index in [-0.39, 0.29) is 12.4 Å². The lowest BCUT2D eigenvalue weighted by Gasteiger charge is -2.14. The third-order valence-corrected chi connectivity index (χ3v) is 3.08. The largest absolute Gasteiger partial charge is 0.491 e. The monoisotopic (exact) mass is 253 g/mol. The number of hydrogen-bond acceptors (Lipinski definition) is 3. The Balaban J connectivity index is 1.97. The first-order valence-corrected chi connectivity index (χ1v) is 6.51. The molecular weight excluding hydrogens is 233 g/mol. The molecule has 1 aliphatic carbocycles. The zero-order chi connectivity index (χ0) is 13.0. The lowest BCUT2D eigenvalue weighted by molar-refractivity contribution is 0.104. The van der Waals surface area contributed by atoms with Crippen molar-refractivity contribution in [2.24, 2.45) is 0 Å². The topological polar surface area (TPSA) is 41.5 Å². The van der Waals surface area contributed by atoms with Gasteiger partial charge in [0.15, 0.2) is 0 Å². The third kappa shape index (κ3) is 3.96. The highest BCUT2D eigenvalue weighted by atomic mass is 19.1. The van der Waals surface area contributed by atoms with Crippen molar-refractivity contribution in [3.8, 4) is 5.75 Å². The highest BCUT2D eigenvalue weighted by Crippen LogP contribution is 2.23. The standard InChI is InChI=1S/C14H20FNO2/c1-2-13(17)9-18-14-6-3-11(15)7-10(14)8-16-12-4-5-12/h3,6-7,12-13,16-17H,2,4-5,8-9H2,1H3. The molecule has 100 valence electrons. The van der Waals surface area contributed by atoms with Gasteiger partial charge in [-0.2, -0.15) is 0 Å². The van der Waals surface area contributed by atoms with Crippen molar-refractivity contribution in [1.29, 1.82) is 0 Å². The van der Waals surface area contributed by atoms with Gasteiger partial charge in [-0.15, -0.1) is 0 Å². The SMILES string of the molecule is CCC(O)COc1ccc(F)cc1CNC1CC1. The summed E-state index contributed by atoms with van der Waals surface area (Å²) in [4.78, 5) is 0. The molecule has 1 saturated carbocycles. The van der Waals surface area contributed by atoms with Crippen LogP contribution in [0.25, 0.3) is 0 Å². The number of ether oxygens (including phenoxy) is 1. The molecule has 1 aliphatic rings. The van der Waals surface area contributed by atoms with Crippen LogP contribution in [0.15, 0.2) is 18.2 Å². The number of hydrogen-bond donors (Lipinski definition) is 2. The van der Waals surface area contributed by atoms with Crippen LogP contribution in [0.3, 0.4) is 0 Å². The first kappa shape index (κ1) is 13.3. The molecule has 0 spiro atoms. The first-order valence-electron chi connectivity index (χ1n) is 6.51. The molecule has 0 heterocycles. The molecule has 0 saturated heterocycles. The summed E-state index contributed by atoms with van der Waals surface area (Å²) in [6.07, 6.45) is 2.57. The van der Waals surface area contributed by atoms with Crippen LogP contribution in [0.2, 0.25) is 0 Å². The molecule has 1 fully saturated rings. The number of aliphatic hydroxyl groups is 1. The summed E-state index contributed by atoms with van der Waals surface area (Å²) in [5, 5.41) is 12.8. The van der Waals surface area contributed by atoms with Gasteiger partial charge in [0.05, 0.1) is 6.10 Å². The molecule has 1 aromatic rings. The quantitative estimate of drug-likeness (QED) is 0.783. The summed E-state index contributed by atoms with van der Waals surface area (Å²) in [7, 11) is 0. The van der Waals surface area contributed by atoms with Crippen LogP contribution in [0, 0.1) is 5.82 Å². The molecular formula is C14H20FNO2. The fourth-order valence-corrected chi connectivity index (χ4v) is 1.67. The van der Waals surface area contributed by atoms with Gasteiger partial charge in [-0.25, -0.2) is 4.39 Å². The number of halogens is 1. The van der Waals surface area contributed by atoms with Crippen LogP contribution in [0.5, 0.6) is 5.75 Å². The van der Waals surface area contributed by atoms with E-state index in [2.05, 4.69) is 5.32 Å². The average molecular weight is 253 g/mol. The minimum Gasteiger partial charge on any atom is -0.491 e. The Hall–Kier alpha value is -1.13. The molecule has 0 amide bonds. The van der Waals surface area contributed by atoms with Crippen LogP contribution in [0.4, 0.5) is 4.39 Å². The van der Waals surface area contributed by atoms with Crippen molar-refractivity contribution >= 4 is 0 Å². The number of benzene rings is 1. The van der Waals surface area contributed by atoms with Crippen LogP contribution >= 0.6 is 0 Å². The first-order chi connectivity index (χ1) is 8.69. The summed E-state index contributed by atoms with van der Waals surface area (Å²) in [5.41, 5.74) is 0.810. The molecule has 1 atom stereocenters. The number of aliphatic hydroxyl groups excluding tert-OH is 1. The van der Waals surface area contributed by atoms with Crippen molar-refractivity contribution in [2.45, 2.75) is 44.9 Å². The average Bonchev–Trinajstić information content (AvgIpc) is 3.18. The van der Waals surface area contributed by atoms with Gasteiger partial charge in [0.2, 0.25) is 0 Å². The Kier molecular flexibility index (Phi) is 4.55. The predicted octanol–water partition coefficient (Wildman–Crippen LogP) is 2.23. The second-order valence-corrected chi connectivity index (χ2v) is 4.78. The van der Waals surface area contributed by atoms with Gasteiger partial charge in [-0.1, -0.05) is 6.92 Å². The fourth-order valence-electron chi connectivity index (χ4n) is 1.67. The highest BCUT2D eigenvalue weighted by molar-refractivity contribution is 5.34. The van der Waals surface area contributed by atoms with Gasteiger partial charge < -0.3 is 15.2 Å². The molecule has 2 rings (SSSR count). The normalized spacial score (nSPS) is 16.6. The van der Waals surface area contributed by atoms with Gasteiger partial charge in [-0.05, 0) is 37.5 Å². The van der Waals surface area contributed by atoms with Gasteiger partial charge in [0.25, 0.3) is 0 Å². The Morgan fingerprint density at radius 1 is 1.50 bits per heavy atom. The van der Waals surface area contributed by atoms with E-state index in [0.29, 0.717) is 24.8 Å². The predicted molar refractivity (Wildman–Crippen MR) is 68.1 cm³/mol. The molecule has 4 heteroatoms. The highest BCUT2D eigenvalue weighted by Gasteiger charge is 2.20. The Labute approximate surface area is 107 Å². The Bertz CT molecular complexity index is 393. The molecule has 1 unspecified atom stereocenters. The summed E-state index contributed by atoms with van der Waals surface area (Å²) in [6, 6.07) is 5.07. The maximum absolute atomic E-state index is 13.2. The second kappa shape index (κ2) is 6.16. The van der Waals surface area contributed by atoms with Crippen molar-refractivity contribution in [2.75, 3.05) is 6.61 Å². The van der Waals surface area contributed by atoms with Gasteiger partial charge in [0.1, 0.15) is 18.2 Å². The molecule has 3 nitrogen and oxygen atoms in total. The van der Waals surface area contributed by atoms with E-state index < -0.39 is 6.10 Å². The molecule has 0 radical (unpaired) electrons. The van der Waals surface area contributed by atoms with E-state index in [1.807, 2.05) is 6.92 Å². The zero-order valence-electron chi connectivity index (χ0n) is 10.7. The van der Waals surface area contributed by atoms with Crippen molar-refractivity contribution < 1.29 is 14.2 Å². The minimum atomic E-state index is -0.473. The molecule has 1 aromatic carbocycles. The molecule has 0 aromatic heterocycles. The lowest BCUT2D eigenvalue weighted by atomic mass is 10.2. The van der Waals surface area contributed by atoms with E-state index in [9.17, 15) is 9.50 Å². The molecule has 2 N–H and O–H groups in total. The van der Waals surface area contributed by atoms with E-state index in [1.165, 1.54) is 25.0 Å². The van der Waals surface area contributed by atoms with E-state index >= 15 is 0 Å². The summed E-state index contributed by atoms with van der Waals surface area (Å²) in [6.45, 7) is 2.76. The third-order valence-electron chi connectivity index (χ3n) is 3.08. The number of nitrogens with one attached hydrogen (secondary N) is 1. The van der Waals surface area contributed by atoms with E-state index in [1.54, 1.807) is 6.07 Å². The van der Waals surface area contributed by atoms with Crippen molar-refractivity contribution in [3.05, 3.63) is 29.6 Å². The molecule has 0 aliphatic heterocycles. The minimum absolute atomic E-state index is 0.249. The van der Waals surface area contributed by atoms with Crippen LogP contribution in [-0.2, 0) is 6.54 Å². The number of rotatable bonds is 7. The van der Waals surface area contributed by atoms with E-state index in [4.69, 9.17) is 4.74 Å². The summed E-state index contributed by atoms with van der Waals surface area (Å²) < 4.78 is 18.8. The maximum Gasteiger partial charge on any atom is 0.124 e. The van der Waals surface area contributed by atoms with Crippen LogP contribution in [0.1, 0.15) is 31.7 Å². The Morgan fingerprint density at radius 2 is 2.28 bits per heavy atom. The molecule has 0 bridgehead atoms. The second-order valence-electron chi connectivity index (χ2n) is 4.78. The van der Waals surface area contributed by atoms with Crippen molar-refractivity contribution in [3.63, 3.8) is 0 Å². The smallest absolute Gasteiger partial charge is 0.124 e.